The van der Waals surface area contributed by atoms with E-state index < -0.39 is 36.2 Å². The highest BCUT2D eigenvalue weighted by atomic mass is 19.3. The minimum atomic E-state index is -3.16. The highest BCUT2D eigenvalue weighted by molar-refractivity contribution is 5.90. The molecule has 6 nitrogen and oxygen atoms in total. The van der Waals surface area contributed by atoms with E-state index in [0.29, 0.717) is 5.56 Å². The first-order chi connectivity index (χ1) is 12.9. The lowest BCUT2D eigenvalue weighted by atomic mass is 10.0. The van der Waals surface area contributed by atoms with E-state index >= 15 is 0 Å². The van der Waals surface area contributed by atoms with Gasteiger partial charge in [-0.2, -0.15) is 8.78 Å². The van der Waals surface area contributed by atoms with Crippen LogP contribution in [0.15, 0.2) is 48.5 Å². The second kappa shape index (κ2) is 9.46. The zero-order chi connectivity index (χ0) is 19.8. The number of hydrogen-bond acceptors (Lipinski definition) is 4. The highest BCUT2D eigenvalue weighted by Crippen LogP contribution is 2.23. The van der Waals surface area contributed by atoms with Crippen LogP contribution < -0.4 is 15.4 Å². The molecule has 0 radical (unpaired) electrons. The SMILES string of the molecule is COC(=O)CC(NC(=O)Nc1ccc(OC(F)F)c(F)c1)c1ccccc1. The van der Waals surface area contributed by atoms with Crippen LogP contribution in [0, 0.1) is 5.82 Å². The van der Waals surface area contributed by atoms with Gasteiger partial charge in [-0.25, -0.2) is 9.18 Å². The number of ether oxygens (including phenoxy) is 2. The topological polar surface area (TPSA) is 76.7 Å². The van der Waals surface area contributed by atoms with Gasteiger partial charge in [-0.05, 0) is 17.7 Å². The number of nitrogens with one attached hydrogen (secondary N) is 2. The number of urea groups is 1. The van der Waals surface area contributed by atoms with Crippen molar-refractivity contribution in [3.63, 3.8) is 0 Å². The number of esters is 1. The standard InChI is InChI=1S/C18H17F3N2O4/c1-26-16(24)10-14(11-5-3-2-4-6-11)23-18(25)22-12-7-8-15(13(19)9-12)27-17(20)21/h2-9,14,17H,10H2,1H3,(H2,22,23,25). The molecule has 9 heteroatoms. The largest absolute Gasteiger partial charge is 0.469 e. The Labute approximate surface area is 153 Å². The number of benzene rings is 2. The molecule has 2 aromatic carbocycles. The van der Waals surface area contributed by atoms with E-state index in [1.54, 1.807) is 30.3 Å². The first kappa shape index (κ1) is 20.1. The summed E-state index contributed by atoms with van der Waals surface area (Å²) in [6.45, 7) is -3.16. The Morgan fingerprint density at radius 2 is 1.81 bits per heavy atom. The van der Waals surface area contributed by atoms with Gasteiger partial charge in [0.15, 0.2) is 11.6 Å². The summed E-state index contributed by atoms with van der Waals surface area (Å²) < 4.78 is 46.6. The van der Waals surface area contributed by atoms with Crippen molar-refractivity contribution in [2.24, 2.45) is 0 Å². The average Bonchev–Trinajstić information content (AvgIpc) is 2.63. The number of anilines is 1. The van der Waals surface area contributed by atoms with E-state index in [9.17, 15) is 22.8 Å². The first-order valence-electron chi connectivity index (χ1n) is 7.82. The molecule has 2 amide bonds. The maximum Gasteiger partial charge on any atom is 0.387 e. The lowest BCUT2D eigenvalue weighted by Crippen LogP contribution is -2.34. The maximum absolute atomic E-state index is 13.7. The van der Waals surface area contributed by atoms with Gasteiger partial charge in [-0.15, -0.1) is 0 Å². The minimum absolute atomic E-state index is 0.0245. The number of carbonyl (C=O) groups is 2. The van der Waals surface area contributed by atoms with Gasteiger partial charge in [0, 0.05) is 11.8 Å². The van der Waals surface area contributed by atoms with E-state index in [-0.39, 0.29) is 12.1 Å². The number of halogens is 3. The lowest BCUT2D eigenvalue weighted by molar-refractivity contribution is -0.141. The summed E-state index contributed by atoms with van der Waals surface area (Å²) in [6.07, 6.45) is -0.108. The number of carbonyl (C=O) groups excluding carboxylic acids is 2. The summed E-state index contributed by atoms with van der Waals surface area (Å²) in [5, 5.41) is 4.96. The fourth-order valence-corrected chi connectivity index (χ4v) is 2.28. The number of amides is 2. The van der Waals surface area contributed by atoms with Crippen LogP contribution in [0.1, 0.15) is 18.0 Å². The lowest BCUT2D eigenvalue weighted by Gasteiger charge is -2.19. The molecule has 0 saturated heterocycles. The Balaban J connectivity index is 2.07. The molecular weight excluding hydrogens is 365 g/mol. The molecule has 144 valence electrons. The van der Waals surface area contributed by atoms with Gasteiger partial charge in [0.05, 0.1) is 19.6 Å². The van der Waals surface area contributed by atoms with Crippen LogP contribution in [0.2, 0.25) is 0 Å². The number of rotatable bonds is 7. The third kappa shape index (κ3) is 6.21. The highest BCUT2D eigenvalue weighted by Gasteiger charge is 2.19. The van der Waals surface area contributed by atoms with Crippen molar-refractivity contribution in [2.75, 3.05) is 12.4 Å². The number of alkyl halides is 2. The smallest absolute Gasteiger partial charge is 0.387 e. The van der Waals surface area contributed by atoms with Crippen molar-refractivity contribution in [3.05, 3.63) is 59.9 Å². The third-order valence-electron chi connectivity index (χ3n) is 3.51. The van der Waals surface area contributed by atoms with Crippen LogP contribution >= 0.6 is 0 Å². The molecule has 1 atom stereocenters. The predicted molar refractivity (Wildman–Crippen MR) is 91.0 cm³/mol. The summed E-state index contributed by atoms with van der Waals surface area (Å²) in [5.74, 6) is -2.21. The van der Waals surface area contributed by atoms with Gasteiger partial charge in [0.25, 0.3) is 0 Å². The van der Waals surface area contributed by atoms with Crippen molar-refractivity contribution in [1.29, 1.82) is 0 Å². The van der Waals surface area contributed by atoms with Gasteiger partial charge >= 0.3 is 18.6 Å². The molecule has 0 aromatic heterocycles. The number of methoxy groups -OCH3 is 1. The van der Waals surface area contributed by atoms with Gasteiger partial charge in [0.2, 0.25) is 0 Å². The van der Waals surface area contributed by atoms with Crippen LogP contribution in [0.3, 0.4) is 0 Å². The van der Waals surface area contributed by atoms with Gasteiger partial charge in [-0.3, -0.25) is 4.79 Å². The molecular formula is C18H17F3N2O4. The van der Waals surface area contributed by atoms with Crippen LogP contribution in [0.5, 0.6) is 5.75 Å². The van der Waals surface area contributed by atoms with E-state index in [1.807, 2.05) is 0 Å². The van der Waals surface area contributed by atoms with Crippen LogP contribution in [-0.4, -0.2) is 25.7 Å². The van der Waals surface area contributed by atoms with Crippen molar-refractivity contribution < 1.29 is 32.2 Å². The summed E-state index contributed by atoms with van der Waals surface area (Å²) in [6, 6.07) is 10.4. The Bertz CT molecular complexity index is 787. The minimum Gasteiger partial charge on any atom is -0.469 e. The maximum atomic E-state index is 13.7. The van der Waals surface area contributed by atoms with Gasteiger partial charge < -0.3 is 20.1 Å². The van der Waals surface area contributed by atoms with Crippen LogP contribution in [-0.2, 0) is 9.53 Å². The fourth-order valence-electron chi connectivity index (χ4n) is 2.28. The Morgan fingerprint density at radius 1 is 1.11 bits per heavy atom. The molecule has 27 heavy (non-hydrogen) atoms. The van der Waals surface area contributed by atoms with Gasteiger partial charge in [0.1, 0.15) is 0 Å². The van der Waals surface area contributed by atoms with Crippen molar-refractivity contribution in [1.82, 2.24) is 5.32 Å². The summed E-state index contributed by atoms with van der Waals surface area (Å²) in [7, 11) is 1.23. The molecule has 2 N–H and O–H groups in total. The second-order valence-corrected chi connectivity index (χ2v) is 5.37. The third-order valence-corrected chi connectivity index (χ3v) is 3.51. The molecule has 1 unspecified atom stereocenters. The molecule has 0 bridgehead atoms. The van der Waals surface area contributed by atoms with E-state index in [0.717, 1.165) is 12.1 Å². The summed E-state index contributed by atoms with van der Waals surface area (Å²) >= 11 is 0. The Kier molecular flexibility index (Phi) is 7.04. The quantitative estimate of drug-likeness (QED) is 0.713. The van der Waals surface area contributed by atoms with E-state index in [1.165, 1.54) is 13.2 Å². The van der Waals surface area contributed by atoms with Crippen molar-refractivity contribution >= 4 is 17.7 Å². The molecule has 2 rings (SSSR count). The second-order valence-electron chi connectivity index (χ2n) is 5.37. The van der Waals surface area contributed by atoms with Crippen molar-refractivity contribution in [3.8, 4) is 5.75 Å². The fraction of sp³-hybridized carbons (Fsp3) is 0.222. The van der Waals surface area contributed by atoms with Gasteiger partial charge in [-0.1, -0.05) is 30.3 Å². The Hall–Kier alpha value is -3.23. The van der Waals surface area contributed by atoms with E-state index in [2.05, 4.69) is 20.1 Å². The van der Waals surface area contributed by atoms with Crippen LogP contribution in [0.4, 0.5) is 23.7 Å². The number of hydrogen-bond donors (Lipinski definition) is 2. The molecule has 0 saturated carbocycles. The normalized spacial score (nSPS) is 11.6. The average molecular weight is 382 g/mol. The molecule has 0 aliphatic rings. The summed E-state index contributed by atoms with van der Waals surface area (Å²) in [5.41, 5.74) is 0.696. The zero-order valence-corrected chi connectivity index (χ0v) is 14.2. The molecule has 0 fully saturated rings. The Morgan fingerprint density at radius 3 is 2.41 bits per heavy atom. The zero-order valence-electron chi connectivity index (χ0n) is 14.2. The van der Waals surface area contributed by atoms with Crippen LogP contribution in [0.25, 0.3) is 0 Å². The van der Waals surface area contributed by atoms with E-state index in [4.69, 9.17) is 0 Å². The summed E-state index contributed by atoms with van der Waals surface area (Å²) in [4.78, 5) is 23.8. The molecule has 0 aliphatic carbocycles. The molecule has 0 spiro atoms. The molecule has 0 aliphatic heterocycles. The predicted octanol–water partition coefficient (Wildman–Crippen LogP) is 3.85. The van der Waals surface area contributed by atoms with Crippen molar-refractivity contribution in [2.45, 2.75) is 19.1 Å². The first-order valence-corrected chi connectivity index (χ1v) is 7.82. The molecule has 0 heterocycles. The molecule has 2 aromatic rings. The monoisotopic (exact) mass is 382 g/mol.